The van der Waals surface area contributed by atoms with Crippen molar-refractivity contribution in [1.82, 2.24) is 15.5 Å². The molecular weight excluding hydrogens is 466 g/mol. The smallest absolute Gasteiger partial charge is 0.287 e. The lowest BCUT2D eigenvalue weighted by Gasteiger charge is -2.32. The third-order valence-electron chi connectivity index (χ3n) is 6.11. The zero-order valence-corrected chi connectivity index (χ0v) is 20.0. The molecule has 1 unspecified atom stereocenters. The Bertz CT molecular complexity index is 1130. The van der Waals surface area contributed by atoms with E-state index in [0.717, 1.165) is 31.2 Å². The van der Waals surface area contributed by atoms with E-state index < -0.39 is 17.9 Å². The molecule has 3 amide bonds. The normalized spacial score (nSPS) is 14.3. The number of hydrogen-bond donors (Lipinski definition) is 2. The summed E-state index contributed by atoms with van der Waals surface area (Å²) < 4.78 is 5.11. The number of amides is 3. The van der Waals surface area contributed by atoms with Crippen molar-refractivity contribution in [2.75, 3.05) is 6.54 Å². The van der Waals surface area contributed by atoms with Crippen molar-refractivity contribution in [3.63, 3.8) is 0 Å². The summed E-state index contributed by atoms with van der Waals surface area (Å²) in [6.07, 6.45) is 5.38. The highest BCUT2D eigenvalue weighted by atomic mass is 35.5. The Kier molecular flexibility index (Phi) is 8.21. The van der Waals surface area contributed by atoms with Gasteiger partial charge in [-0.15, -0.1) is 0 Å². The minimum atomic E-state index is -0.888. The Labute approximate surface area is 209 Å². The zero-order valence-electron chi connectivity index (χ0n) is 19.3. The largest absolute Gasteiger partial charge is 0.459 e. The van der Waals surface area contributed by atoms with Gasteiger partial charge in [-0.2, -0.15) is 0 Å². The number of halogens is 1. The van der Waals surface area contributed by atoms with Crippen LogP contribution in [0.3, 0.4) is 0 Å². The van der Waals surface area contributed by atoms with Gasteiger partial charge in [-0.3, -0.25) is 14.4 Å². The maximum atomic E-state index is 13.6. The Morgan fingerprint density at radius 2 is 1.69 bits per heavy atom. The van der Waals surface area contributed by atoms with Crippen LogP contribution in [-0.4, -0.2) is 35.2 Å². The molecule has 1 aliphatic carbocycles. The van der Waals surface area contributed by atoms with Gasteiger partial charge in [0, 0.05) is 17.6 Å². The molecule has 0 saturated heterocycles. The molecule has 0 bridgehead atoms. The number of carbonyl (C=O) groups is 3. The second-order valence-corrected chi connectivity index (χ2v) is 9.05. The van der Waals surface area contributed by atoms with E-state index in [9.17, 15) is 14.4 Å². The molecule has 1 aromatic heterocycles. The molecule has 1 aliphatic rings. The van der Waals surface area contributed by atoms with Crippen LogP contribution < -0.4 is 10.6 Å². The summed E-state index contributed by atoms with van der Waals surface area (Å²) in [5, 5.41) is 6.27. The predicted octanol–water partition coefficient (Wildman–Crippen LogP) is 4.49. The second kappa shape index (κ2) is 11.7. The SMILES string of the molecule is O=C(NCC(=O)N(Cc1ccccc1)C(C(=O)NC1CCCC1)c1ccc(Cl)cc1)c1ccco1. The summed E-state index contributed by atoms with van der Waals surface area (Å²) in [5.41, 5.74) is 1.51. The van der Waals surface area contributed by atoms with Crippen LogP contribution in [0.25, 0.3) is 0 Å². The van der Waals surface area contributed by atoms with Gasteiger partial charge in [-0.1, -0.05) is 66.9 Å². The lowest BCUT2D eigenvalue weighted by atomic mass is 10.0. The molecule has 0 aliphatic heterocycles. The second-order valence-electron chi connectivity index (χ2n) is 8.61. The summed E-state index contributed by atoms with van der Waals surface area (Å²) in [6.45, 7) is -0.0885. The zero-order chi connectivity index (χ0) is 24.6. The van der Waals surface area contributed by atoms with Crippen LogP contribution in [0.2, 0.25) is 5.02 Å². The molecule has 0 radical (unpaired) electrons. The van der Waals surface area contributed by atoms with E-state index in [1.807, 2.05) is 30.3 Å². The minimum absolute atomic E-state index is 0.0876. The fraction of sp³-hybridized carbons (Fsp3) is 0.296. The first-order valence-corrected chi connectivity index (χ1v) is 12.1. The summed E-state index contributed by atoms with van der Waals surface area (Å²) >= 11 is 6.10. The predicted molar refractivity (Wildman–Crippen MR) is 133 cm³/mol. The Morgan fingerprint density at radius 1 is 0.971 bits per heavy atom. The molecule has 182 valence electrons. The quantitative estimate of drug-likeness (QED) is 0.459. The number of hydrogen-bond acceptors (Lipinski definition) is 4. The van der Waals surface area contributed by atoms with Crippen LogP contribution in [0.5, 0.6) is 0 Å². The van der Waals surface area contributed by atoms with Crippen molar-refractivity contribution in [3.8, 4) is 0 Å². The molecule has 2 N–H and O–H groups in total. The third-order valence-corrected chi connectivity index (χ3v) is 6.36. The first-order valence-electron chi connectivity index (χ1n) is 11.7. The van der Waals surface area contributed by atoms with E-state index in [-0.39, 0.29) is 30.8 Å². The highest BCUT2D eigenvalue weighted by Gasteiger charge is 2.33. The molecule has 2 aromatic carbocycles. The molecule has 1 atom stereocenters. The third kappa shape index (κ3) is 6.51. The first kappa shape index (κ1) is 24.5. The molecule has 0 spiro atoms. The molecule has 3 aromatic rings. The Balaban J connectivity index is 1.62. The lowest BCUT2D eigenvalue weighted by Crippen LogP contribution is -2.48. The molecule has 1 fully saturated rings. The van der Waals surface area contributed by atoms with Crippen LogP contribution in [0.4, 0.5) is 0 Å². The highest BCUT2D eigenvalue weighted by Crippen LogP contribution is 2.27. The van der Waals surface area contributed by atoms with E-state index in [1.54, 1.807) is 30.3 Å². The van der Waals surface area contributed by atoms with Crippen LogP contribution in [0, 0.1) is 0 Å². The summed E-state index contributed by atoms with van der Waals surface area (Å²) in [5.74, 6) is -1.03. The van der Waals surface area contributed by atoms with Crippen molar-refractivity contribution >= 4 is 29.3 Å². The minimum Gasteiger partial charge on any atom is -0.459 e. The monoisotopic (exact) mass is 493 g/mol. The van der Waals surface area contributed by atoms with Gasteiger partial charge in [0.25, 0.3) is 5.91 Å². The molecule has 4 rings (SSSR count). The van der Waals surface area contributed by atoms with E-state index in [4.69, 9.17) is 16.0 Å². The molecular formula is C27H28ClN3O4. The fourth-order valence-corrected chi connectivity index (χ4v) is 4.45. The average molecular weight is 494 g/mol. The number of benzene rings is 2. The van der Waals surface area contributed by atoms with Gasteiger partial charge in [-0.05, 0) is 48.2 Å². The standard InChI is InChI=1S/C27H28ClN3O4/c28-21-14-12-20(13-15-21)25(27(34)30-22-9-4-5-10-22)31(18-19-7-2-1-3-8-19)24(32)17-29-26(33)23-11-6-16-35-23/h1-3,6-8,11-16,22,25H,4-5,9-10,17-18H2,(H,29,33)(H,30,34). The Hall–Kier alpha value is -3.58. The molecule has 7 nitrogen and oxygen atoms in total. The Morgan fingerprint density at radius 3 is 2.34 bits per heavy atom. The van der Waals surface area contributed by atoms with Gasteiger partial charge in [0.1, 0.15) is 6.04 Å². The number of nitrogens with one attached hydrogen (secondary N) is 2. The van der Waals surface area contributed by atoms with Gasteiger partial charge in [0.2, 0.25) is 11.8 Å². The van der Waals surface area contributed by atoms with Crippen molar-refractivity contribution < 1.29 is 18.8 Å². The van der Waals surface area contributed by atoms with E-state index in [1.165, 1.54) is 17.2 Å². The highest BCUT2D eigenvalue weighted by molar-refractivity contribution is 6.30. The van der Waals surface area contributed by atoms with Gasteiger partial charge in [0.05, 0.1) is 12.8 Å². The molecule has 8 heteroatoms. The van der Waals surface area contributed by atoms with Gasteiger partial charge in [0.15, 0.2) is 5.76 Å². The molecule has 35 heavy (non-hydrogen) atoms. The van der Waals surface area contributed by atoms with Gasteiger partial charge < -0.3 is 20.0 Å². The molecule has 1 saturated carbocycles. The lowest BCUT2D eigenvalue weighted by molar-refractivity contribution is -0.141. The maximum absolute atomic E-state index is 13.6. The summed E-state index contributed by atoms with van der Waals surface area (Å²) in [7, 11) is 0. The summed E-state index contributed by atoms with van der Waals surface area (Å²) in [6, 6.07) is 18.7. The fourth-order valence-electron chi connectivity index (χ4n) is 4.32. The maximum Gasteiger partial charge on any atom is 0.287 e. The van der Waals surface area contributed by atoms with Crippen molar-refractivity contribution in [2.45, 2.75) is 44.3 Å². The van der Waals surface area contributed by atoms with E-state index in [2.05, 4.69) is 10.6 Å². The topological polar surface area (TPSA) is 91.7 Å². The van der Waals surface area contributed by atoms with E-state index >= 15 is 0 Å². The number of furan rings is 1. The van der Waals surface area contributed by atoms with Gasteiger partial charge in [-0.25, -0.2) is 0 Å². The summed E-state index contributed by atoms with van der Waals surface area (Å²) in [4.78, 5) is 41.0. The van der Waals surface area contributed by atoms with Crippen molar-refractivity contribution in [3.05, 3.63) is 94.9 Å². The van der Waals surface area contributed by atoms with Crippen LogP contribution in [-0.2, 0) is 16.1 Å². The van der Waals surface area contributed by atoms with Crippen LogP contribution in [0.1, 0.15) is 53.4 Å². The van der Waals surface area contributed by atoms with Crippen molar-refractivity contribution in [2.24, 2.45) is 0 Å². The van der Waals surface area contributed by atoms with E-state index in [0.29, 0.717) is 10.6 Å². The van der Waals surface area contributed by atoms with Crippen LogP contribution >= 0.6 is 11.6 Å². The average Bonchev–Trinajstić information content (AvgIpc) is 3.58. The molecule has 1 heterocycles. The van der Waals surface area contributed by atoms with Crippen molar-refractivity contribution in [1.29, 1.82) is 0 Å². The van der Waals surface area contributed by atoms with Gasteiger partial charge >= 0.3 is 0 Å². The number of carbonyl (C=O) groups excluding carboxylic acids is 3. The van der Waals surface area contributed by atoms with Crippen LogP contribution in [0.15, 0.2) is 77.4 Å². The number of rotatable bonds is 9. The first-order chi connectivity index (χ1) is 17.0. The number of nitrogens with zero attached hydrogens (tertiary/aromatic N) is 1.